The summed E-state index contributed by atoms with van der Waals surface area (Å²) in [5.74, 6) is 0.391. The molecular formula is C19H28ClN3O3S. The Kier molecular flexibility index (Phi) is 5.87. The van der Waals surface area contributed by atoms with Gasteiger partial charge in [0.2, 0.25) is 15.9 Å². The largest absolute Gasteiger partial charge is 0.323 e. The van der Waals surface area contributed by atoms with Gasteiger partial charge in [-0.2, -0.15) is 4.31 Å². The lowest BCUT2D eigenvalue weighted by Gasteiger charge is -2.44. The van der Waals surface area contributed by atoms with E-state index in [-0.39, 0.29) is 22.8 Å². The number of halogens is 1. The summed E-state index contributed by atoms with van der Waals surface area (Å²) in [6, 6.07) is 6.07. The number of sulfonamides is 1. The summed E-state index contributed by atoms with van der Waals surface area (Å²) < 4.78 is 27.3. The van der Waals surface area contributed by atoms with Crippen LogP contribution >= 0.6 is 11.6 Å². The number of likely N-dealkylation sites (N-methyl/N-ethyl adjacent to an activating group) is 1. The van der Waals surface area contributed by atoms with Crippen molar-refractivity contribution < 1.29 is 13.2 Å². The summed E-state index contributed by atoms with van der Waals surface area (Å²) in [7, 11) is -3.55. The lowest BCUT2D eigenvalue weighted by Crippen LogP contribution is -2.59. The van der Waals surface area contributed by atoms with E-state index in [9.17, 15) is 13.2 Å². The molecular weight excluding hydrogens is 386 g/mol. The zero-order valence-electron chi connectivity index (χ0n) is 16.1. The zero-order chi connectivity index (χ0) is 19.8. The molecule has 2 saturated heterocycles. The zero-order valence-corrected chi connectivity index (χ0v) is 17.7. The summed E-state index contributed by atoms with van der Waals surface area (Å²) in [6.45, 7) is 7.55. The van der Waals surface area contributed by atoms with Crippen LogP contribution in [0.15, 0.2) is 29.2 Å². The van der Waals surface area contributed by atoms with Gasteiger partial charge in [0.05, 0.1) is 16.6 Å². The summed E-state index contributed by atoms with van der Waals surface area (Å²) in [6.07, 6.45) is 2.10. The molecule has 0 unspecified atom stereocenters. The number of hydrogen-bond acceptors (Lipinski definition) is 4. The molecule has 0 aromatic heterocycles. The van der Waals surface area contributed by atoms with E-state index in [2.05, 4.69) is 19.2 Å². The highest BCUT2D eigenvalue weighted by atomic mass is 35.5. The first-order valence-electron chi connectivity index (χ1n) is 9.60. The van der Waals surface area contributed by atoms with Crippen LogP contribution in [0.4, 0.5) is 0 Å². The van der Waals surface area contributed by atoms with E-state index in [1.807, 2.05) is 11.8 Å². The van der Waals surface area contributed by atoms with Crippen molar-refractivity contribution in [3.8, 4) is 0 Å². The van der Waals surface area contributed by atoms with E-state index < -0.39 is 15.7 Å². The summed E-state index contributed by atoms with van der Waals surface area (Å²) in [4.78, 5) is 15.0. The molecule has 8 heteroatoms. The van der Waals surface area contributed by atoms with Crippen molar-refractivity contribution in [1.29, 1.82) is 0 Å². The molecule has 1 amide bonds. The van der Waals surface area contributed by atoms with Crippen LogP contribution in [0.2, 0.25) is 5.02 Å². The van der Waals surface area contributed by atoms with Gasteiger partial charge in [-0.15, -0.1) is 0 Å². The second-order valence-electron chi connectivity index (χ2n) is 7.48. The Morgan fingerprint density at radius 2 is 1.81 bits per heavy atom. The molecule has 2 heterocycles. The molecule has 2 aliphatic rings. The van der Waals surface area contributed by atoms with Crippen molar-refractivity contribution >= 4 is 27.5 Å². The van der Waals surface area contributed by atoms with Gasteiger partial charge in [-0.05, 0) is 49.9 Å². The number of carbonyl (C=O) groups excluding carboxylic acids is 1. The van der Waals surface area contributed by atoms with E-state index in [1.54, 1.807) is 12.1 Å². The highest BCUT2D eigenvalue weighted by molar-refractivity contribution is 7.89. The highest BCUT2D eigenvalue weighted by Crippen LogP contribution is 2.36. The number of nitrogens with one attached hydrogen (secondary N) is 1. The van der Waals surface area contributed by atoms with Crippen LogP contribution in [0, 0.1) is 5.92 Å². The fourth-order valence-electron chi connectivity index (χ4n) is 4.15. The lowest BCUT2D eigenvalue weighted by atomic mass is 9.96. The fourth-order valence-corrected chi connectivity index (χ4v) is 5.72. The van der Waals surface area contributed by atoms with E-state index in [0.717, 1.165) is 6.42 Å². The minimum Gasteiger partial charge on any atom is -0.323 e. The Balaban J connectivity index is 1.77. The molecule has 0 saturated carbocycles. The molecule has 3 rings (SSSR count). The van der Waals surface area contributed by atoms with Crippen molar-refractivity contribution in [3.05, 3.63) is 29.3 Å². The number of benzene rings is 1. The number of piperidine rings is 1. The normalized spacial score (nSPS) is 24.5. The number of nitrogens with zero attached hydrogens (tertiary/aromatic N) is 2. The Bertz CT molecular complexity index is 789. The Hall–Kier alpha value is -1.15. The molecule has 1 N–H and O–H groups in total. The number of hydrogen-bond donors (Lipinski definition) is 1. The number of rotatable bonds is 5. The van der Waals surface area contributed by atoms with Crippen molar-refractivity contribution in [3.63, 3.8) is 0 Å². The van der Waals surface area contributed by atoms with Gasteiger partial charge in [0, 0.05) is 24.7 Å². The molecule has 6 nitrogen and oxygen atoms in total. The quantitative estimate of drug-likeness (QED) is 0.805. The number of amides is 1. The molecule has 27 heavy (non-hydrogen) atoms. The predicted molar refractivity (Wildman–Crippen MR) is 106 cm³/mol. The van der Waals surface area contributed by atoms with Crippen LogP contribution in [-0.2, 0) is 14.8 Å². The van der Waals surface area contributed by atoms with Gasteiger partial charge in [0.15, 0.2) is 0 Å². The minimum atomic E-state index is -3.55. The monoisotopic (exact) mass is 413 g/mol. The molecule has 0 radical (unpaired) electrons. The van der Waals surface area contributed by atoms with Crippen molar-refractivity contribution in [2.75, 3.05) is 19.6 Å². The SMILES string of the molecule is CC[C@@H](C)[C@@H]1NC2(CCN(S(=O)(=O)c3ccc(Cl)cc3)CC2)N(CC)C1=O. The lowest BCUT2D eigenvalue weighted by molar-refractivity contribution is -0.133. The van der Waals surface area contributed by atoms with Crippen molar-refractivity contribution in [2.24, 2.45) is 5.92 Å². The van der Waals surface area contributed by atoms with E-state index >= 15 is 0 Å². The van der Waals surface area contributed by atoms with Crippen molar-refractivity contribution in [2.45, 2.75) is 56.6 Å². The van der Waals surface area contributed by atoms with E-state index in [4.69, 9.17) is 11.6 Å². The molecule has 0 bridgehead atoms. The maximum absolute atomic E-state index is 12.9. The smallest absolute Gasteiger partial charge is 0.243 e. The average Bonchev–Trinajstić information content (AvgIpc) is 2.93. The van der Waals surface area contributed by atoms with Gasteiger partial charge in [0.1, 0.15) is 0 Å². The highest BCUT2D eigenvalue weighted by Gasteiger charge is 2.52. The second kappa shape index (κ2) is 7.70. The third-order valence-electron chi connectivity index (χ3n) is 6.00. The van der Waals surface area contributed by atoms with Crippen LogP contribution in [0.1, 0.15) is 40.0 Å². The summed E-state index contributed by atoms with van der Waals surface area (Å²) in [5, 5.41) is 4.07. The van der Waals surface area contributed by atoms with E-state index in [0.29, 0.717) is 37.5 Å². The predicted octanol–water partition coefficient (Wildman–Crippen LogP) is 2.69. The maximum atomic E-state index is 12.9. The third-order valence-corrected chi connectivity index (χ3v) is 8.17. The molecule has 1 aromatic carbocycles. The van der Waals surface area contributed by atoms with E-state index in [1.165, 1.54) is 16.4 Å². The molecule has 1 aromatic rings. The second-order valence-corrected chi connectivity index (χ2v) is 9.85. The van der Waals surface area contributed by atoms with Gasteiger partial charge in [-0.25, -0.2) is 8.42 Å². The topological polar surface area (TPSA) is 69.7 Å². The van der Waals surface area contributed by atoms with Gasteiger partial charge in [-0.1, -0.05) is 31.9 Å². The molecule has 0 aliphatic carbocycles. The van der Waals surface area contributed by atoms with Crippen LogP contribution < -0.4 is 5.32 Å². The summed E-state index contributed by atoms with van der Waals surface area (Å²) >= 11 is 5.87. The van der Waals surface area contributed by atoms with Crippen LogP contribution in [0.3, 0.4) is 0 Å². The van der Waals surface area contributed by atoms with Crippen LogP contribution in [-0.4, -0.2) is 54.9 Å². The minimum absolute atomic E-state index is 0.140. The Labute approximate surface area is 166 Å². The van der Waals surface area contributed by atoms with Gasteiger partial charge >= 0.3 is 0 Å². The van der Waals surface area contributed by atoms with Gasteiger partial charge in [-0.3, -0.25) is 10.1 Å². The first kappa shape index (κ1) is 20.6. The maximum Gasteiger partial charge on any atom is 0.243 e. The van der Waals surface area contributed by atoms with Gasteiger partial charge < -0.3 is 4.90 Å². The Morgan fingerprint density at radius 3 is 2.33 bits per heavy atom. The third kappa shape index (κ3) is 3.62. The molecule has 2 aliphatic heterocycles. The van der Waals surface area contributed by atoms with Crippen LogP contribution in [0.25, 0.3) is 0 Å². The van der Waals surface area contributed by atoms with Gasteiger partial charge in [0.25, 0.3) is 0 Å². The first-order valence-corrected chi connectivity index (χ1v) is 11.4. The number of carbonyl (C=O) groups is 1. The molecule has 150 valence electrons. The van der Waals surface area contributed by atoms with Crippen LogP contribution in [0.5, 0.6) is 0 Å². The standard InChI is InChI=1S/C19H28ClN3O3S/c1-4-14(3)17-18(24)23(5-2)19(21-17)10-12-22(13-11-19)27(25,26)16-8-6-15(20)7-9-16/h6-9,14,17,21H,4-5,10-13H2,1-3H3/t14-,17+/m1/s1. The molecule has 2 fully saturated rings. The molecule has 1 spiro atoms. The summed E-state index contributed by atoms with van der Waals surface area (Å²) in [5.41, 5.74) is -0.439. The Morgan fingerprint density at radius 1 is 1.22 bits per heavy atom. The van der Waals surface area contributed by atoms with Crippen molar-refractivity contribution in [1.82, 2.24) is 14.5 Å². The molecule has 2 atom stereocenters. The average molecular weight is 414 g/mol. The fraction of sp³-hybridized carbons (Fsp3) is 0.632. The first-order chi connectivity index (χ1) is 12.7.